The van der Waals surface area contributed by atoms with E-state index < -0.39 is 10.0 Å². The molecule has 0 bridgehead atoms. The largest absolute Gasteiger partial charge is 0.360 e. The third kappa shape index (κ3) is 4.16. The van der Waals surface area contributed by atoms with Gasteiger partial charge in [-0.3, -0.25) is 0 Å². The van der Waals surface area contributed by atoms with Crippen molar-refractivity contribution in [2.75, 3.05) is 19.4 Å². The third-order valence-electron chi connectivity index (χ3n) is 2.62. The van der Waals surface area contributed by atoms with Crippen molar-refractivity contribution in [1.29, 1.82) is 0 Å². The SMILES string of the molecule is Cc1ccc(NC(=S)NC(C)C)cc1S(=O)(=O)N(C)C. The van der Waals surface area contributed by atoms with Crippen LogP contribution in [-0.2, 0) is 10.0 Å². The van der Waals surface area contributed by atoms with Crippen LogP contribution in [0.1, 0.15) is 19.4 Å². The van der Waals surface area contributed by atoms with Crippen LogP contribution < -0.4 is 10.6 Å². The van der Waals surface area contributed by atoms with Crippen molar-refractivity contribution in [3.8, 4) is 0 Å². The fourth-order valence-electron chi connectivity index (χ4n) is 1.58. The first-order valence-corrected chi connectivity index (χ1v) is 8.10. The highest BCUT2D eigenvalue weighted by molar-refractivity contribution is 7.89. The minimum absolute atomic E-state index is 0.213. The molecule has 0 aliphatic heterocycles. The second kappa shape index (κ2) is 6.51. The minimum atomic E-state index is -3.46. The van der Waals surface area contributed by atoms with Gasteiger partial charge in [-0.2, -0.15) is 0 Å². The number of thiocarbonyl (C=S) groups is 1. The van der Waals surface area contributed by atoms with Gasteiger partial charge in [0.15, 0.2) is 5.11 Å². The molecule has 0 aromatic heterocycles. The number of nitrogens with one attached hydrogen (secondary N) is 2. The van der Waals surface area contributed by atoms with E-state index in [2.05, 4.69) is 10.6 Å². The maximum Gasteiger partial charge on any atom is 0.242 e. The molecule has 1 rings (SSSR count). The second-order valence-electron chi connectivity index (χ2n) is 5.02. The molecule has 0 unspecified atom stereocenters. The van der Waals surface area contributed by atoms with Gasteiger partial charge in [-0.15, -0.1) is 0 Å². The Labute approximate surface area is 126 Å². The fourth-order valence-corrected chi connectivity index (χ4v) is 3.08. The van der Waals surface area contributed by atoms with Crippen molar-refractivity contribution in [2.24, 2.45) is 0 Å². The lowest BCUT2D eigenvalue weighted by Crippen LogP contribution is -2.34. The van der Waals surface area contributed by atoms with Crippen LogP contribution in [0, 0.1) is 6.92 Å². The zero-order valence-corrected chi connectivity index (χ0v) is 14.0. The molecular weight excluding hydrogens is 294 g/mol. The van der Waals surface area contributed by atoms with Crippen LogP contribution in [0.25, 0.3) is 0 Å². The maximum absolute atomic E-state index is 12.2. The van der Waals surface area contributed by atoms with Gasteiger partial charge < -0.3 is 10.6 Å². The highest BCUT2D eigenvalue weighted by atomic mass is 32.2. The Balaban J connectivity index is 3.07. The summed E-state index contributed by atoms with van der Waals surface area (Å²) >= 11 is 5.15. The Kier molecular flexibility index (Phi) is 5.50. The first kappa shape index (κ1) is 16.9. The van der Waals surface area contributed by atoms with Gasteiger partial charge in [-0.25, -0.2) is 12.7 Å². The maximum atomic E-state index is 12.2. The zero-order valence-electron chi connectivity index (χ0n) is 12.4. The molecule has 0 saturated carbocycles. The first-order chi connectivity index (χ1) is 9.14. The number of hydrogen-bond acceptors (Lipinski definition) is 3. The Morgan fingerprint density at radius 1 is 1.30 bits per heavy atom. The normalized spacial score (nSPS) is 11.8. The number of anilines is 1. The molecule has 0 radical (unpaired) electrons. The van der Waals surface area contributed by atoms with Crippen molar-refractivity contribution >= 4 is 33.0 Å². The standard InChI is InChI=1S/C13H21N3O2S2/c1-9(2)14-13(19)15-11-7-6-10(3)12(8-11)20(17,18)16(4)5/h6-9H,1-5H3,(H2,14,15,19). The number of benzene rings is 1. The Hall–Kier alpha value is -1.18. The van der Waals surface area contributed by atoms with E-state index in [-0.39, 0.29) is 10.9 Å². The van der Waals surface area contributed by atoms with E-state index in [1.54, 1.807) is 25.1 Å². The Bertz CT molecular complexity index is 596. The quantitative estimate of drug-likeness (QED) is 0.832. The predicted molar refractivity (Wildman–Crippen MR) is 86.5 cm³/mol. The molecule has 0 atom stereocenters. The van der Waals surface area contributed by atoms with E-state index in [1.165, 1.54) is 18.4 Å². The molecule has 5 nitrogen and oxygen atoms in total. The van der Waals surface area contributed by atoms with E-state index in [9.17, 15) is 8.42 Å². The minimum Gasteiger partial charge on any atom is -0.360 e. The number of hydrogen-bond donors (Lipinski definition) is 2. The highest BCUT2D eigenvalue weighted by Gasteiger charge is 2.20. The van der Waals surface area contributed by atoms with Crippen LogP contribution in [0.15, 0.2) is 23.1 Å². The van der Waals surface area contributed by atoms with Crippen molar-refractivity contribution in [2.45, 2.75) is 31.7 Å². The molecular formula is C13H21N3O2S2. The molecule has 0 fully saturated rings. The Morgan fingerprint density at radius 2 is 1.90 bits per heavy atom. The molecule has 2 N–H and O–H groups in total. The van der Waals surface area contributed by atoms with Crippen molar-refractivity contribution in [3.05, 3.63) is 23.8 Å². The van der Waals surface area contributed by atoms with Crippen molar-refractivity contribution in [3.63, 3.8) is 0 Å². The lowest BCUT2D eigenvalue weighted by Gasteiger charge is -2.17. The number of nitrogens with zero attached hydrogens (tertiary/aromatic N) is 1. The van der Waals surface area contributed by atoms with Gasteiger partial charge in [-0.1, -0.05) is 6.07 Å². The molecule has 0 amide bonds. The number of sulfonamides is 1. The van der Waals surface area contributed by atoms with Crippen LogP contribution in [0.4, 0.5) is 5.69 Å². The molecule has 20 heavy (non-hydrogen) atoms. The van der Waals surface area contributed by atoms with Crippen molar-refractivity contribution < 1.29 is 8.42 Å². The average molecular weight is 315 g/mol. The average Bonchev–Trinajstić information content (AvgIpc) is 2.30. The molecule has 1 aromatic rings. The van der Waals surface area contributed by atoms with Gasteiger partial charge in [0.1, 0.15) is 0 Å². The topological polar surface area (TPSA) is 61.4 Å². The summed E-state index contributed by atoms with van der Waals surface area (Å²) in [5.41, 5.74) is 1.35. The van der Waals surface area contributed by atoms with Crippen LogP contribution in [-0.4, -0.2) is 38.0 Å². The number of aryl methyl sites for hydroxylation is 1. The second-order valence-corrected chi connectivity index (χ2v) is 7.55. The monoisotopic (exact) mass is 315 g/mol. The van der Waals surface area contributed by atoms with Gasteiger partial charge >= 0.3 is 0 Å². The molecule has 1 aromatic carbocycles. The lowest BCUT2D eigenvalue weighted by molar-refractivity contribution is 0.520. The smallest absolute Gasteiger partial charge is 0.242 e. The highest BCUT2D eigenvalue weighted by Crippen LogP contribution is 2.22. The van der Waals surface area contributed by atoms with Crippen molar-refractivity contribution in [1.82, 2.24) is 9.62 Å². The van der Waals surface area contributed by atoms with E-state index in [0.29, 0.717) is 16.4 Å². The predicted octanol–water partition coefficient (Wildman–Crippen LogP) is 1.94. The van der Waals surface area contributed by atoms with E-state index in [1.807, 2.05) is 13.8 Å². The van der Waals surface area contributed by atoms with E-state index >= 15 is 0 Å². The summed E-state index contributed by atoms with van der Waals surface area (Å²) in [6.45, 7) is 5.72. The summed E-state index contributed by atoms with van der Waals surface area (Å²) in [6, 6.07) is 5.37. The molecule has 0 heterocycles. The van der Waals surface area contributed by atoms with Gasteiger partial charge in [0, 0.05) is 25.8 Å². The molecule has 112 valence electrons. The molecule has 0 aliphatic rings. The summed E-state index contributed by atoms with van der Waals surface area (Å²) in [7, 11) is -0.432. The summed E-state index contributed by atoms with van der Waals surface area (Å²) < 4.78 is 25.6. The molecule has 0 saturated heterocycles. The summed E-state index contributed by atoms with van der Waals surface area (Å²) in [4.78, 5) is 0.278. The number of rotatable bonds is 4. The van der Waals surface area contributed by atoms with Crippen LogP contribution in [0.2, 0.25) is 0 Å². The van der Waals surface area contributed by atoms with E-state index in [0.717, 1.165) is 0 Å². The molecule has 7 heteroatoms. The van der Waals surface area contributed by atoms with Gasteiger partial charge in [0.2, 0.25) is 10.0 Å². The Morgan fingerprint density at radius 3 is 2.40 bits per heavy atom. The molecule has 0 aliphatic carbocycles. The summed E-state index contributed by atoms with van der Waals surface area (Å²) in [6.07, 6.45) is 0. The fraction of sp³-hybridized carbons (Fsp3) is 0.462. The summed E-state index contributed by atoms with van der Waals surface area (Å²) in [5.74, 6) is 0. The third-order valence-corrected chi connectivity index (χ3v) is 4.80. The zero-order chi connectivity index (χ0) is 15.5. The lowest BCUT2D eigenvalue weighted by atomic mass is 10.2. The summed E-state index contributed by atoms with van der Waals surface area (Å²) in [5, 5.41) is 6.51. The van der Waals surface area contributed by atoms with Gasteiger partial charge in [0.25, 0.3) is 0 Å². The first-order valence-electron chi connectivity index (χ1n) is 6.25. The van der Waals surface area contributed by atoms with Crippen LogP contribution in [0.5, 0.6) is 0 Å². The van der Waals surface area contributed by atoms with Gasteiger partial charge in [0.05, 0.1) is 4.90 Å². The van der Waals surface area contributed by atoms with Gasteiger partial charge in [-0.05, 0) is 50.7 Å². The van der Waals surface area contributed by atoms with E-state index in [4.69, 9.17) is 12.2 Å². The van der Waals surface area contributed by atoms with Crippen LogP contribution in [0.3, 0.4) is 0 Å². The van der Waals surface area contributed by atoms with Crippen LogP contribution >= 0.6 is 12.2 Å². The molecule has 0 spiro atoms.